The Hall–Kier alpha value is -2.67. The van der Waals surface area contributed by atoms with Crippen molar-refractivity contribution in [2.24, 2.45) is 0 Å². The molecule has 4 nitrogen and oxygen atoms in total. The van der Waals surface area contributed by atoms with E-state index >= 15 is 0 Å². The summed E-state index contributed by atoms with van der Waals surface area (Å²) in [5, 5.41) is 12.0. The van der Waals surface area contributed by atoms with Crippen molar-refractivity contribution in [3.8, 4) is 11.8 Å². The molecule has 2 aromatic rings. The molecule has 0 amide bonds. The van der Waals surface area contributed by atoms with Gasteiger partial charge in [0.25, 0.3) is 0 Å². The molecule has 2 rings (SSSR count). The van der Waals surface area contributed by atoms with Gasteiger partial charge in [-0.1, -0.05) is 12.1 Å². The van der Waals surface area contributed by atoms with Gasteiger partial charge in [0.1, 0.15) is 12.4 Å². The number of nitrogen functional groups attached to an aromatic ring is 1. The molecule has 19 heavy (non-hydrogen) atoms. The molecule has 0 aliphatic heterocycles. The van der Waals surface area contributed by atoms with E-state index in [1.54, 1.807) is 18.2 Å². The summed E-state index contributed by atoms with van der Waals surface area (Å²) >= 11 is 0. The molecule has 0 unspecified atom stereocenters. The number of rotatable bonds is 5. The minimum absolute atomic E-state index is 0.528. The van der Waals surface area contributed by atoms with E-state index in [-0.39, 0.29) is 0 Å². The molecule has 96 valence electrons. The average Bonchev–Trinajstić information content (AvgIpc) is 2.44. The second-order valence-corrected chi connectivity index (χ2v) is 4.04. The van der Waals surface area contributed by atoms with E-state index in [0.29, 0.717) is 24.4 Å². The normalized spacial score (nSPS) is 9.63. The first-order valence-electron chi connectivity index (χ1n) is 6.00. The Bertz CT molecular complexity index is 590. The highest BCUT2D eigenvalue weighted by Crippen LogP contribution is 2.14. The maximum atomic E-state index is 8.79. The lowest BCUT2D eigenvalue weighted by molar-refractivity contribution is 0.333. The molecule has 0 radical (unpaired) electrons. The molecule has 0 aromatic heterocycles. The number of benzene rings is 2. The average molecular weight is 253 g/mol. The fraction of sp³-hybridized carbons (Fsp3) is 0.133. The highest BCUT2D eigenvalue weighted by Gasteiger charge is 1.96. The monoisotopic (exact) mass is 253 g/mol. The zero-order valence-corrected chi connectivity index (χ0v) is 10.5. The summed E-state index contributed by atoms with van der Waals surface area (Å²) in [7, 11) is 0. The first kappa shape index (κ1) is 12.8. The summed E-state index contributed by atoms with van der Waals surface area (Å²) < 4.78 is 5.56. The van der Waals surface area contributed by atoms with E-state index in [1.165, 1.54) is 0 Å². The predicted molar refractivity (Wildman–Crippen MR) is 76.0 cm³/mol. The Morgan fingerprint density at radius 3 is 2.79 bits per heavy atom. The smallest absolute Gasteiger partial charge is 0.121 e. The van der Waals surface area contributed by atoms with E-state index in [2.05, 4.69) is 11.4 Å². The van der Waals surface area contributed by atoms with Gasteiger partial charge < -0.3 is 15.8 Å². The number of nitriles is 1. The number of hydrogen-bond donors (Lipinski definition) is 2. The lowest BCUT2D eigenvalue weighted by Gasteiger charge is -2.09. The summed E-state index contributed by atoms with van der Waals surface area (Å²) in [5.41, 5.74) is 7.90. The van der Waals surface area contributed by atoms with Crippen LogP contribution in [0.2, 0.25) is 0 Å². The summed E-state index contributed by atoms with van der Waals surface area (Å²) in [4.78, 5) is 0. The lowest BCUT2D eigenvalue weighted by Crippen LogP contribution is -2.11. The van der Waals surface area contributed by atoms with Crippen LogP contribution in [0.25, 0.3) is 0 Å². The maximum Gasteiger partial charge on any atom is 0.121 e. The van der Waals surface area contributed by atoms with Gasteiger partial charge in [-0.25, -0.2) is 0 Å². The SMILES string of the molecule is N#Cc1cccc(NCCOc2cccc(N)c2)c1. The fourth-order valence-electron chi connectivity index (χ4n) is 1.67. The van der Waals surface area contributed by atoms with Crippen molar-refractivity contribution < 1.29 is 4.74 Å². The molecule has 4 heteroatoms. The van der Waals surface area contributed by atoms with Crippen molar-refractivity contribution in [1.29, 1.82) is 5.26 Å². The van der Waals surface area contributed by atoms with E-state index in [1.807, 2.05) is 30.3 Å². The van der Waals surface area contributed by atoms with Crippen LogP contribution >= 0.6 is 0 Å². The van der Waals surface area contributed by atoms with Crippen molar-refractivity contribution in [2.45, 2.75) is 0 Å². The third-order valence-corrected chi connectivity index (χ3v) is 2.55. The zero-order valence-electron chi connectivity index (χ0n) is 10.5. The molecule has 0 saturated heterocycles. The molecule has 0 saturated carbocycles. The van der Waals surface area contributed by atoms with Gasteiger partial charge in [0, 0.05) is 24.0 Å². The molecule has 0 aliphatic carbocycles. The predicted octanol–water partition coefficient (Wildman–Crippen LogP) is 2.63. The molecule has 0 spiro atoms. The van der Waals surface area contributed by atoms with Crippen LogP contribution < -0.4 is 15.8 Å². The Morgan fingerprint density at radius 2 is 2.00 bits per heavy atom. The largest absolute Gasteiger partial charge is 0.492 e. The molecule has 0 aliphatic rings. The number of hydrogen-bond acceptors (Lipinski definition) is 4. The first-order valence-corrected chi connectivity index (χ1v) is 6.00. The molecular weight excluding hydrogens is 238 g/mol. The van der Waals surface area contributed by atoms with Gasteiger partial charge in [-0.05, 0) is 30.3 Å². The molecule has 0 bridgehead atoms. The Morgan fingerprint density at radius 1 is 1.16 bits per heavy atom. The van der Waals surface area contributed by atoms with Crippen molar-refractivity contribution in [1.82, 2.24) is 0 Å². The minimum Gasteiger partial charge on any atom is -0.492 e. The first-order chi connectivity index (χ1) is 9.28. The third-order valence-electron chi connectivity index (χ3n) is 2.55. The number of nitrogens with zero attached hydrogens (tertiary/aromatic N) is 1. The van der Waals surface area contributed by atoms with Crippen LogP contribution in [0, 0.1) is 11.3 Å². The van der Waals surface area contributed by atoms with E-state index in [9.17, 15) is 0 Å². The summed E-state index contributed by atoms with van der Waals surface area (Å²) in [5.74, 6) is 0.757. The molecule has 3 N–H and O–H groups in total. The van der Waals surface area contributed by atoms with Gasteiger partial charge in [0.05, 0.1) is 11.6 Å². The van der Waals surface area contributed by atoms with Crippen LogP contribution in [-0.2, 0) is 0 Å². The molecule has 0 atom stereocenters. The molecule has 2 aromatic carbocycles. The van der Waals surface area contributed by atoms with Gasteiger partial charge in [-0.2, -0.15) is 5.26 Å². The Labute approximate surface area is 112 Å². The van der Waals surface area contributed by atoms with E-state index < -0.39 is 0 Å². The molecule has 0 heterocycles. The summed E-state index contributed by atoms with van der Waals surface area (Å²) in [6.07, 6.45) is 0. The van der Waals surface area contributed by atoms with Crippen LogP contribution in [0.4, 0.5) is 11.4 Å². The fourth-order valence-corrected chi connectivity index (χ4v) is 1.67. The van der Waals surface area contributed by atoms with Crippen LogP contribution in [0.15, 0.2) is 48.5 Å². The Kier molecular flexibility index (Phi) is 4.25. The summed E-state index contributed by atoms with van der Waals surface area (Å²) in [6.45, 7) is 1.18. The zero-order chi connectivity index (χ0) is 13.5. The van der Waals surface area contributed by atoms with E-state index in [0.717, 1.165) is 11.4 Å². The van der Waals surface area contributed by atoms with Crippen LogP contribution in [-0.4, -0.2) is 13.2 Å². The maximum absolute atomic E-state index is 8.79. The molecule has 0 fully saturated rings. The van der Waals surface area contributed by atoms with Crippen LogP contribution in [0.3, 0.4) is 0 Å². The second kappa shape index (κ2) is 6.31. The quantitative estimate of drug-likeness (QED) is 0.634. The van der Waals surface area contributed by atoms with E-state index in [4.69, 9.17) is 15.7 Å². The van der Waals surface area contributed by atoms with Gasteiger partial charge in [0.2, 0.25) is 0 Å². The lowest BCUT2D eigenvalue weighted by atomic mass is 10.2. The van der Waals surface area contributed by atoms with Crippen LogP contribution in [0.1, 0.15) is 5.56 Å². The summed E-state index contributed by atoms with van der Waals surface area (Å²) in [6, 6.07) is 16.8. The van der Waals surface area contributed by atoms with Crippen LogP contribution in [0.5, 0.6) is 5.75 Å². The van der Waals surface area contributed by atoms with Gasteiger partial charge in [-0.15, -0.1) is 0 Å². The highest BCUT2D eigenvalue weighted by molar-refractivity contribution is 5.49. The van der Waals surface area contributed by atoms with Gasteiger partial charge in [0.15, 0.2) is 0 Å². The standard InChI is InChI=1S/C15H15N3O/c16-11-12-3-1-5-14(9-12)18-7-8-19-15-6-2-4-13(17)10-15/h1-6,9-10,18H,7-8,17H2. The number of anilines is 2. The number of ether oxygens (including phenoxy) is 1. The Balaban J connectivity index is 1.79. The third kappa shape index (κ3) is 3.93. The molecular formula is C15H15N3O. The minimum atomic E-state index is 0.528. The van der Waals surface area contributed by atoms with Crippen molar-refractivity contribution in [3.63, 3.8) is 0 Å². The second-order valence-electron chi connectivity index (χ2n) is 4.04. The van der Waals surface area contributed by atoms with Crippen molar-refractivity contribution in [2.75, 3.05) is 24.2 Å². The van der Waals surface area contributed by atoms with Gasteiger partial charge >= 0.3 is 0 Å². The number of nitrogens with one attached hydrogen (secondary N) is 1. The van der Waals surface area contributed by atoms with Crippen molar-refractivity contribution in [3.05, 3.63) is 54.1 Å². The topological polar surface area (TPSA) is 71.1 Å². The van der Waals surface area contributed by atoms with Crippen molar-refractivity contribution >= 4 is 11.4 Å². The highest BCUT2D eigenvalue weighted by atomic mass is 16.5. The van der Waals surface area contributed by atoms with Gasteiger partial charge in [-0.3, -0.25) is 0 Å². The number of nitrogens with two attached hydrogens (primary N) is 1.